The van der Waals surface area contributed by atoms with Crippen molar-refractivity contribution in [1.82, 2.24) is 14.8 Å². The summed E-state index contributed by atoms with van der Waals surface area (Å²) in [6.07, 6.45) is 1.37. The molecule has 1 aliphatic heterocycles. The van der Waals surface area contributed by atoms with Gasteiger partial charge in [-0.2, -0.15) is 5.10 Å². The van der Waals surface area contributed by atoms with E-state index < -0.39 is 5.97 Å². The van der Waals surface area contributed by atoms with Gasteiger partial charge in [0.15, 0.2) is 11.3 Å². The number of fused-ring (bicyclic) bond motifs is 1. The van der Waals surface area contributed by atoms with E-state index in [4.69, 9.17) is 9.84 Å². The summed E-state index contributed by atoms with van der Waals surface area (Å²) in [4.78, 5) is 19.6. The molecule has 1 fully saturated rings. The maximum Gasteiger partial charge on any atom is 0.357 e. The molecule has 0 unspecified atom stereocenters. The van der Waals surface area contributed by atoms with E-state index in [2.05, 4.69) is 34.1 Å². The predicted molar refractivity (Wildman–Crippen MR) is 132 cm³/mol. The molecule has 7 heteroatoms. The van der Waals surface area contributed by atoms with Crippen LogP contribution in [0.2, 0.25) is 0 Å². The van der Waals surface area contributed by atoms with Gasteiger partial charge in [-0.25, -0.2) is 14.5 Å². The molecule has 0 saturated carbocycles. The fraction of sp³-hybridized carbons (Fsp3) is 0.296. The Bertz CT molecular complexity index is 1310. The Balaban J connectivity index is 1.62. The molecule has 4 aromatic rings. The van der Waals surface area contributed by atoms with Crippen LogP contribution in [-0.2, 0) is 4.74 Å². The van der Waals surface area contributed by atoms with Crippen LogP contribution in [0.15, 0.2) is 60.7 Å². The summed E-state index contributed by atoms with van der Waals surface area (Å²) in [5.41, 5.74) is 5.61. The van der Waals surface area contributed by atoms with Crippen LogP contribution in [-0.4, -0.2) is 51.6 Å². The number of hydrogen-bond donors (Lipinski definition) is 1. The van der Waals surface area contributed by atoms with Crippen molar-refractivity contribution >= 4 is 22.7 Å². The average molecular weight is 457 g/mol. The molecular weight excluding hydrogens is 428 g/mol. The third kappa shape index (κ3) is 4.15. The summed E-state index contributed by atoms with van der Waals surface area (Å²) < 4.78 is 7.05. The van der Waals surface area contributed by atoms with Crippen molar-refractivity contribution in [2.24, 2.45) is 0 Å². The number of ether oxygens (including phenoxy) is 1. The summed E-state index contributed by atoms with van der Waals surface area (Å²) in [7, 11) is 0. The summed E-state index contributed by atoms with van der Waals surface area (Å²) in [6.45, 7) is 5.72. The predicted octanol–water partition coefficient (Wildman–Crippen LogP) is 4.53. The van der Waals surface area contributed by atoms with Crippen LogP contribution in [0.25, 0.3) is 27.8 Å². The molecule has 34 heavy (non-hydrogen) atoms. The van der Waals surface area contributed by atoms with Crippen LogP contribution in [0, 0.1) is 6.92 Å². The number of piperidine rings is 1. The van der Waals surface area contributed by atoms with Gasteiger partial charge in [0.2, 0.25) is 0 Å². The first-order valence-corrected chi connectivity index (χ1v) is 11.7. The van der Waals surface area contributed by atoms with Crippen molar-refractivity contribution in [3.63, 3.8) is 0 Å². The molecule has 0 amide bonds. The van der Waals surface area contributed by atoms with E-state index in [1.165, 1.54) is 0 Å². The summed E-state index contributed by atoms with van der Waals surface area (Å²) in [6, 6.07) is 19.9. The van der Waals surface area contributed by atoms with Crippen LogP contribution in [0.1, 0.15) is 35.9 Å². The van der Waals surface area contributed by atoms with Crippen LogP contribution in [0.4, 0.5) is 5.69 Å². The smallest absolute Gasteiger partial charge is 0.357 e. The van der Waals surface area contributed by atoms with Crippen molar-refractivity contribution in [1.29, 1.82) is 0 Å². The van der Waals surface area contributed by atoms with E-state index in [0.717, 1.165) is 59.5 Å². The number of para-hydroxylation sites is 1. The first-order chi connectivity index (χ1) is 16.5. The zero-order valence-electron chi connectivity index (χ0n) is 19.4. The number of rotatable bonds is 5. The first-order valence-electron chi connectivity index (χ1n) is 11.7. The van der Waals surface area contributed by atoms with Crippen molar-refractivity contribution < 1.29 is 14.6 Å². The Kier molecular flexibility index (Phi) is 6.02. The minimum atomic E-state index is -0.451. The molecule has 0 spiro atoms. The van der Waals surface area contributed by atoms with Gasteiger partial charge < -0.3 is 14.7 Å². The van der Waals surface area contributed by atoms with E-state index in [0.29, 0.717) is 5.65 Å². The van der Waals surface area contributed by atoms with Crippen LogP contribution in [0.3, 0.4) is 0 Å². The molecule has 2 aromatic heterocycles. The lowest BCUT2D eigenvalue weighted by Gasteiger charge is -2.31. The Labute approximate surface area is 198 Å². The topological polar surface area (TPSA) is 80.5 Å². The van der Waals surface area contributed by atoms with Gasteiger partial charge in [-0.1, -0.05) is 30.3 Å². The number of benzene rings is 2. The van der Waals surface area contributed by atoms with E-state index in [1.807, 2.05) is 37.3 Å². The Morgan fingerprint density at radius 2 is 1.76 bits per heavy atom. The quantitative estimate of drug-likeness (QED) is 0.445. The van der Waals surface area contributed by atoms with Crippen molar-refractivity contribution in [3.05, 3.63) is 72.1 Å². The minimum absolute atomic E-state index is 0.203. The first kappa shape index (κ1) is 22.1. The highest BCUT2D eigenvalue weighted by molar-refractivity contribution is 6.00. The van der Waals surface area contributed by atoms with Gasteiger partial charge in [0.05, 0.1) is 29.5 Å². The lowest BCUT2D eigenvalue weighted by Crippen LogP contribution is -2.35. The monoisotopic (exact) mass is 456 g/mol. The average Bonchev–Trinajstić information content (AvgIpc) is 3.21. The number of hydrogen-bond acceptors (Lipinski definition) is 6. The van der Waals surface area contributed by atoms with Gasteiger partial charge in [0.25, 0.3) is 0 Å². The molecule has 7 nitrogen and oxygen atoms in total. The molecule has 0 bridgehead atoms. The molecule has 1 aliphatic rings. The number of pyridine rings is 1. The van der Waals surface area contributed by atoms with Crippen LogP contribution >= 0.6 is 0 Å². The second-order valence-electron chi connectivity index (χ2n) is 8.57. The second-order valence-corrected chi connectivity index (χ2v) is 8.57. The fourth-order valence-corrected chi connectivity index (χ4v) is 4.55. The summed E-state index contributed by atoms with van der Waals surface area (Å²) in [5, 5.41) is 15.5. The van der Waals surface area contributed by atoms with Gasteiger partial charge in [0.1, 0.15) is 0 Å². The van der Waals surface area contributed by atoms with Crippen LogP contribution in [0.5, 0.6) is 0 Å². The maximum absolute atomic E-state index is 12.7. The lowest BCUT2D eigenvalue weighted by molar-refractivity contribution is 0.0520. The van der Waals surface area contributed by atoms with Gasteiger partial charge in [0, 0.05) is 18.8 Å². The number of carbonyl (C=O) groups is 1. The van der Waals surface area contributed by atoms with Crippen molar-refractivity contribution in [3.8, 4) is 16.8 Å². The normalized spacial score (nSPS) is 14.5. The second kappa shape index (κ2) is 9.27. The molecule has 1 N–H and O–H groups in total. The van der Waals surface area contributed by atoms with Crippen molar-refractivity contribution in [2.75, 3.05) is 24.6 Å². The number of carbonyl (C=O) groups excluding carboxylic acids is 1. The van der Waals surface area contributed by atoms with E-state index in [-0.39, 0.29) is 18.4 Å². The maximum atomic E-state index is 12.7. The molecule has 0 aliphatic carbocycles. The highest BCUT2D eigenvalue weighted by Gasteiger charge is 2.21. The minimum Gasteiger partial charge on any atom is -0.461 e. The van der Waals surface area contributed by atoms with E-state index in [1.54, 1.807) is 17.7 Å². The molecule has 0 atom stereocenters. The molecular formula is C27H28N4O3. The fourth-order valence-electron chi connectivity index (χ4n) is 4.55. The third-order valence-electron chi connectivity index (χ3n) is 6.31. The molecule has 3 heterocycles. The molecule has 1 saturated heterocycles. The molecule has 2 aromatic carbocycles. The largest absolute Gasteiger partial charge is 0.461 e. The highest BCUT2D eigenvalue weighted by Crippen LogP contribution is 2.34. The highest BCUT2D eigenvalue weighted by atomic mass is 16.5. The lowest BCUT2D eigenvalue weighted by atomic mass is 10.00. The Morgan fingerprint density at radius 1 is 1.06 bits per heavy atom. The Hall–Kier alpha value is -3.71. The number of aliphatic hydroxyl groups is 1. The Morgan fingerprint density at radius 3 is 2.44 bits per heavy atom. The number of aliphatic hydroxyl groups excluding tert-OH is 1. The number of nitrogens with zero attached hydrogens (tertiary/aromatic N) is 4. The number of aromatic nitrogens is 3. The van der Waals surface area contributed by atoms with Gasteiger partial charge in [-0.05, 0) is 68.1 Å². The summed E-state index contributed by atoms with van der Waals surface area (Å²) >= 11 is 0. The van der Waals surface area contributed by atoms with E-state index >= 15 is 0 Å². The number of aryl methyl sites for hydroxylation is 1. The zero-order valence-corrected chi connectivity index (χ0v) is 19.4. The van der Waals surface area contributed by atoms with E-state index in [9.17, 15) is 9.90 Å². The SMILES string of the molecule is CCOC(=O)c1cc(-c2ccc(N3CCC(O)CC3)cc2)c2c(C)nn(-c3ccccc3)c2n1. The van der Waals surface area contributed by atoms with Crippen LogP contribution < -0.4 is 4.90 Å². The third-order valence-corrected chi connectivity index (χ3v) is 6.31. The molecule has 0 radical (unpaired) electrons. The van der Waals surface area contributed by atoms with Gasteiger partial charge >= 0.3 is 5.97 Å². The standard InChI is InChI=1S/C27H28N4O3/c1-3-34-27(33)24-17-23(19-9-11-20(12-10-19)30-15-13-22(32)14-16-30)25-18(2)29-31(26(25)28-24)21-7-5-4-6-8-21/h4-12,17,22,32H,3,13-16H2,1-2H3. The van der Waals surface area contributed by atoms with Gasteiger partial charge in [-0.15, -0.1) is 0 Å². The number of anilines is 1. The number of esters is 1. The van der Waals surface area contributed by atoms with Gasteiger partial charge in [-0.3, -0.25) is 0 Å². The molecule has 174 valence electrons. The summed E-state index contributed by atoms with van der Waals surface area (Å²) in [5.74, 6) is -0.451. The van der Waals surface area contributed by atoms with Crippen molar-refractivity contribution in [2.45, 2.75) is 32.8 Å². The molecule has 5 rings (SSSR count). The zero-order chi connectivity index (χ0) is 23.7.